The van der Waals surface area contributed by atoms with Gasteiger partial charge in [-0.05, 0) is 26.0 Å². The fraction of sp³-hybridized carbons (Fsp3) is 0.400. The zero-order valence-electron chi connectivity index (χ0n) is 24.9. The van der Waals surface area contributed by atoms with Crippen molar-refractivity contribution in [3.63, 3.8) is 0 Å². The highest BCUT2D eigenvalue weighted by atomic mass is 32.2. The van der Waals surface area contributed by atoms with Gasteiger partial charge in [0.1, 0.15) is 19.1 Å². The number of thiazole rings is 1. The minimum atomic E-state index is -5.19. The number of aryl methyl sites for hydroxylation is 2. The molecule has 2 bridgehead atoms. The number of ketones is 1. The summed E-state index contributed by atoms with van der Waals surface area (Å²) in [6.45, 7) is 8.33. The summed E-state index contributed by atoms with van der Waals surface area (Å²) in [5.41, 5.74) is 1.87. The first-order valence-corrected chi connectivity index (χ1v) is 16.2. The molecule has 15 heteroatoms. The molecule has 3 aliphatic heterocycles. The number of carbonyl (C=O) groups excluding carboxylic acids is 3. The van der Waals surface area contributed by atoms with Crippen molar-refractivity contribution in [1.29, 1.82) is 0 Å². The second kappa shape index (κ2) is 15.0. The van der Waals surface area contributed by atoms with Gasteiger partial charge in [-0.1, -0.05) is 48.5 Å². The van der Waals surface area contributed by atoms with E-state index in [2.05, 4.69) is 9.71 Å². The Morgan fingerprint density at radius 1 is 1.02 bits per heavy atom. The largest absolute Gasteiger partial charge is 0.542 e. The Hall–Kier alpha value is -3.82. The molecule has 0 amide bonds. The molecule has 1 atom stereocenters. The molecule has 3 fully saturated rings. The quantitative estimate of drug-likeness (QED) is 0.227. The number of Topliss-reactive ketones (excluding diaryl/α,β-unsaturated/α-hetero) is 1. The number of aliphatic carboxylic acids is 1. The Kier molecular flexibility index (Phi) is 11.9. The van der Waals surface area contributed by atoms with E-state index in [4.69, 9.17) is 14.6 Å². The van der Waals surface area contributed by atoms with E-state index in [-0.39, 0.29) is 22.1 Å². The average Bonchev–Trinajstić information content (AvgIpc) is 3.32. The van der Waals surface area contributed by atoms with Crippen LogP contribution < -0.4 is 9.83 Å². The first-order valence-electron chi connectivity index (χ1n) is 13.9. The maximum atomic E-state index is 12.5. The number of esters is 1. The number of hydrogen-bond donors (Lipinski definition) is 1. The molecule has 2 aromatic carbocycles. The lowest BCUT2D eigenvalue weighted by molar-refractivity contribution is -0.938. The number of benzene rings is 2. The molecular formula is C30H34F3N3O7S2. The van der Waals surface area contributed by atoms with Crippen molar-refractivity contribution in [3.8, 4) is 0 Å². The molecule has 244 valence electrons. The number of anilines is 1. The van der Waals surface area contributed by atoms with Crippen molar-refractivity contribution in [2.24, 2.45) is 5.92 Å². The van der Waals surface area contributed by atoms with Gasteiger partial charge in [-0.2, -0.15) is 13.2 Å². The van der Waals surface area contributed by atoms with E-state index in [0.29, 0.717) is 23.8 Å². The van der Waals surface area contributed by atoms with Crippen molar-refractivity contribution in [2.45, 2.75) is 50.1 Å². The van der Waals surface area contributed by atoms with E-state index < -0.39 is 22.2 Å². The summed E-state index contributed by atoms with van der Waals surface area (Å²) in [5.74, 6) is -2.54. The lowest BCUT2D eigenvalue weighted by Crippen LogP contribution is -2.65. The van der Waals surface area contributed by atoms with E-state index in [9.17, 15) is 31.2 Å². The van der Waals surface area contributed by atoms with Crippen LogP contribution in [0.25, 0.3) is 0 Å². The van der Waals surface area contributed by atoms with Gasteiger partial charge >= 0.3 is 12.1 Å². The Labute approximate surface area is 263 Å². The van der Waals surface area contributed by atoms with Gasteiger partial charge in [-0.15, -0.1) is 11.3 Å². The van der Waals surface area contributed by atoms with Crippen molar-refractivity contribution in [1.82, 2.24) is 4.98 Å². The van der Waals surface area contributed by atoms with Crippen LogP contribution in [0.5, 0.6) is 0 Å². The van der Waals surface area contributed by atoms with Crippen LogP contribution in [0.4, 0.5) is 18.9 Å². The number of piperidine rings is 3. The molecule has 0 saturated carbocycles. The molecule has 4 heterocycles. The van der Waals surface area contributed by atoms with Gasteiger partial charge in [-0.25, -0.2) is 13.4 Å². The maximum Gasteiger partial charge on any atom is 0.430 e. The fourth-order valence-corrected chi connectivity index (χ4v) is 7.82. The van der Waals surface area contributed by atoms with Crippen molar-refractivity contribution in [3.05, 3.63) is 76.9 Å². The first kappa shape index (κ1) is 35.7. The van der Waals surface area contributed by atoms with Gasteiger partial charge in [-0.3, -0.25) is 14.3 Å². The molecule has 45 heavy (non-hydrogen) atoms. The van der Waals surface area contributed by atoms with Crippen molar-refractivity contribution >= 4 is 44.8 Å². The molecule has 1 N–H and O–H groups in total. The van der Waals surface area contributed by atoms with Crippen LogP contribution in [0, 0.1) is 19.8 Å². The number of rotatable bonds is 7. The second-order valence-corrected chi connectivity index (χ2v) is 13.8. The number of halogens is 3. The van der Waals surface area contributed by atoms with Crippen molar-refractivity contribution < 1.29 is 50.3 Å². The lowest BCUT2D eigenvalue weighted by Gasteiger charge is -2.51. The molecule has 0 unspecified atom stereocenters. The fourth-order valence-electron chi connectivity index (χ4n) is 5.28. The average molecular weight is 670 g/mol. The first-order chi connectivity index (χ1) is 21.0. The second-order valence-electron chi connectivity index (χ2n) is 10.8. The normalized spacial score (nSPS) is 20.5. The summed E-state index contributed by atoms with van der Waals surface area (Å²) in [7, 11) is -3.52. The molecule has 3 aliphatic rings. The van der Waals surface area contributed by atoms with Crippen LogP contribution in [-0.2, 0) is 24.3 Å². The Bertz CT molecular complexity index is 1570. The molecule has 0 radical (unpaired) electrons. The van der Waals surface area contributed by atoms with Gasteiger partial charge in [0, 0.05) is 36.9 Å². The smallest absolute Gasteiger partial charge is 0.430 e. The summed E-state index contributed by atoms with van der Waals surface area (Å²) in [6, 6.07) is 18.3. The summed E-state index contributed by atoms with van der Waals surface area (Å²) in [4.78, 5) is 36.6. The van der Waals surface area contributed by atoms with E-state index >= 15 is 0 Å². The summed E-state index contributed by atoms with van der Waals surface area (Å²) >= 11 is 1.18. The number of sulfonamides is 1. The van der Waals surface area contributed by atoms with E-state index in [0.717, 1.165) is 47.5 Å². The van der Waals surface area contributed by atoms with Gasteiger partial charge in [0.25, 0.3) is 10.0 Å². The number of carboxylic acid groups (broad SMARTS) is 1. The third kappa shape index (κ3) is 10.4. The molecule has 0 spiro atoms. The topological polar surface area (TPSA) is 143 Å². The lowest BCUT2D eigenvalue weighted by atomic mass is 9.83. The molecule has 10 nitrogen and oxygen atoms in total. The van der Waals surface area contributed by atoms with E-state index in [1.165, 1.54) is 18.3 Å². The Balaban J connectivity index is 0.000000207. The summed E-state index contributed by atoms with van der Waals surface area (Å²) in [6.07, 6.45) is -3.09. The van der Waals surface area contributed by atoms with Crippen LogP contribution in [-0.4, -0.2) is 74.1 Å². The minimum Gasteiger partial charge on any atom is -0.542 e. The minimum absolute atomic E-state index is 0.00595. The highest BCUT2D eigenvalue weighted by molar-refractivity contribution is 7.94. The van der Waals surface area contributed by atoms with E-state index in [1.54, 1.807) is 38.1 Å². The number of fused-ring (bicyclic) bond motifs is 3. The molecule has 6 rings (SSSR count). The number of aromatic nitrogens is 1. The number of ether oxygens (including phenoxy) is 1. The van der Waals surface area contributed by atoms with Gasteiger partial charge in [0.2, 0.25) is 5.78 Å². The number of quaternary nitrogens is 1. The Morgan fingerprint density at radius 3 is 2.02 bits per heavy atom. The van der Waals surface area contributed by atoms with Crippen LogP contribution in [0.2, 0.25) is 0 Å². The van der Waals surface area contributed by atoms with Crippen LogP contribution in [0.15, 0.2) is 64.9 Å². The van der Waals surface area contributed by atoms with Crippen LogP contribution in [0.3, 0.4) is 0 Å². The maximum absolute atomic E-state index is 12.5. The molecule has 3 saturated heterocycles. The number of hydrogen-bond acceptors (Lipinski definition) is 9. The highest BCUT2D eigenvalue weighted by Crippen LogP contribution is 2.35. The van der Waals surface area contributed by atoms with Gasteiger partial charge < -0.3 is 19.1 Å². The summed E-state index contributed by atoms with van der Waals surface area (Å²) in [5, 5.41) is 9.53. The molecular weight excluding hydrogens is 635 g/mol. The zero-order valence-corrected chi connectivity index (χ0v) is 26.5. The SMILES string of the molecule is CC(=O)O[C@H]1C[N+]2(CC(=O)c3ccccc3)CCC1CC2.Cc1nc(C)c(S(=O)(=O)Nc2ccccc2)s1.O=C([O-])C(F)(F)F. The number of nitrogens with zero attached hydrogens (tertiary/aromatic N) is 2. The molecule has 1 aromatic heterocycles. The summed E-state index contributed by atoms with van der Waals surface area (Å²) < 4.78 is 64.8. The third-order valence-electron chi connectivity index (χ3n) is 7.30. The molecule has 3 aromatic rings. The third-order valence-corrected chi connectivity index (χ3v) is 10.4. The number of carbonyl (C=O) groups is 3. The zero-order chi connectivity index (χ0) is 33.4. The van der Waals surface area contributed by atoms with Crippen LogP contribution >= 0.6 is 11.3 Å². The predicted molar refractivity (Wildman–Crippen MR) is 159 cm³/mol. The number of nitrogens with one attached hydrogen (secondary N) is 1. The number of para-hydroxylation sites is 1. The van der Waals surface area contributed by atoms with Crippen LogP contribution in [0.1, 0.15) is 40.8 Å². The highest BCUT2D eigenvalue weighted by Gasteiger charge is 2.48. The monoisotopic (exact) mass is 669 g/mol. The van der Waals surface area contributed by atoms with Gasteiger partial charge in [0.05, 0.1) is 23.8 Å². The number of carboxylic acids is 1. The molecule has 0 aliphatic carbocycles. The Morgan fingerprint density at radius 2 is 1.56 bits per heavy atom. The van der Waals surface area contributed by atoms with Crippen molar-refractivity contribution in [2.75, 3.05) is 30.9 Å². The number of alkyl halides is 3. The standard InChI is InChI=1S/C17H22NO3.C11H12N2O2S2.C2HF3O2/c1-13(19)21-17-12-18(9-7-15(17)8-10-18)11-16(20)14-5-3-2-4-6-14;1-8-11(16-9(2)12-8)17(14,15)13-10-6-4-3-5-7-10;3-2(4,5)1(6)7/h2-6,15,17H,7-12H2,1H3;3-7,13H,1-2H3;(H,6,7)/q+1;;/p-1/t15?,17-,18?;;/m0../s1. The predicted octanol–water partition coefficient (Wildman–Crippen LogP) is 3.90. The van der Waals surface area contributed by atoms with Gasteiger partial charge in [0.15, 0.2) is 10.3 Å². The van der Waals surface area contributed by atoms with E-state index in [1.807, 2.05) is 36.4 Å².